The van der Waals surface area contributed by atoms with Crippen molar-refractivity contribution in [3.8, 4) is 0 Å². The van der Waals surface area contributed by atoms with E-state index in [1.807, 2.05) is 6.92 Å². The largest absolute Gasteiger partial charge is 0.478 e. The Labute approximate surface area is 121 Å². The first-order valence-electron chi connectivity index (χ1n) is 6.34. The molecular formula is C15H15N3O3. The number of nitrogens with zero attached hydrogens (tertiary/aromatic N) is 1. The van der Waals surface area contributed by atoms with Crippen LogP contribution in [-0.2, 0) is 11.3 Å². The number of carboxylic acid groups (broad SMARTS) is 1. The van der Waals surface area contributed by atoms with Crippen LogP contribution in [0, 0.1) is 6.92 Å². The Kier molecular flexibility index (Phi) is 4.50. The van der Waals surface area contributed by atoms with Gasteiger partial charge in [0.1, 0.15) is 0 Å². The third-order valence-electron chi connectivity index (χ3n) is 2.93. The molecule has 0 aliphatic carbocycles. The molecule has 0 aliphatic heterocycles. The maximum Gasteiger partial charge on any atom is 0.328 e. The number of rotatable bonds is 5. The van der Waals surface area contributed by atoms with Gasteiger partial charge in [-0.3, -0.25) is 9.89 Å². The summed E-state index contributed by atoms with van der Waals surface area (Å²) in [5, 5.41) is 17.9. The fourth-order valence-electron chi connectivity index (χ4n) is 1.81. The van der Waals surface area contributed by atoms with Crippen LogP contribution < -0.4 is 5.32 Å². The van der Waals surface area contributed by atoms with Crippen molar-refractivity contribution in [1.29, 1.82) is 0 Å². The summed E-state index contributed by atoms with van der Waals surface area (Å²) >= 11 is 0. The molecule has 0 bridgehead atoms. The molecule has 0 saturated carbocycles. The number of nitrogens with one attached hydrogen (secondary N) is 2. The van der Waals surface area contributed by atoms with Crippen molar-refractivity contribution in [2.75, 3.05) is 0 Å². The fourth-order valence-corrected chi connectivity index (χ4v) is 1.81. The van der Waals surface area contributed by atoms with Gasteiger partial charge in [-0.2, -0.15) is 5.10 Å². The second-order valence-electron chi connectivity index (χ2n) is 4.54. The summed E-state index contributed by atoms with van der Waals surface area (Å²) in [6.07, 6.45) is 5.84. The molecule has 0 radical (unpaired) electrons. The van der Waals surface area contributed by atoms with Gasteiger partial charge >= 0.3 is 5.97 Å². The third-order valence-corrected chi connectivity index (χ3v) is 2.93. The summed E-state index contributed by atoms with van der Waals surface area (Å²) < 4.78 is 0. The molecule has 1 heterocycles. The van der Waals surface area contributed by atoms with Crippen LogP contribution >= 0.6 is 0 Å². The van der Waals surface area contributed by atoms with E-state index >= 15 is 0 Å². The summed E-state index contributed by atoms with van der Waals surface area (Å²) in [6.45, 7) is 2.21. The molecule has 6 nitrogen and oxygen atoms in total. The van der Waals surface area contributed by atoms with E-state index < -0.39 is 5.97 Å². The number of aliphatic carboxylic acids is 1. The Morgan fingerprint density at radius 2 is 2.24 bits per heavy atom. The van der Waals surface area contributed by atoms with Crippen molar-refractivity contribution >= 4 is 18.0 Å². The van der Waals surface area contributed by atoms with Crippen LogP contribution in [0.5, 0.6) is 0 Å². The monoisotopic (exact) mass is 285 g/mol. The van der Waals surface area contributed by atoms with Crippen molar-refractivity contribution in [3.63, 3.8) is 0 Å². The van der Waals surface area contributed by atoms with Crippen molar-refractivity contribution < 1.29 is 14.7 Å². The minimum atomic E-state index is -1.03. The normalized spacial score (nSPS) is 10.7. The van der Waals surface area contributed by atoms with Crippen LogP contribution in [-0.4, -0.2) is 27.2 Å². The fraction of sp³-hybridized carbons (Fsp3) is 0.133. The molecule has 108 valence electrons. The number of aromatic nitrogens is 2. The summed E-state index contributed by atoms with van der Waals surface area (Å²) in [4.78, 5) is 22.7. The highest BCUT2D eigenvalue weighted by molar-refractivity contribution is 5.96. The smallest absolute Gasteiger partial charge is 0.328 e. The average molecular weight is 285 g/mol. The lowest BCUT2D eigenvalue weighted by Crippen LogP contribution is -2.23. The van der Waals surface area contributed by atoms with E-state index in [1.165, 1.54) is 6.08 Å². The molecule has 0 unspecified atom stereocenters. The summed E-state index contributed by atoms with van der Waals surface area (Å²) in [6, 6.07) is 5.22. The predicted molar refractivity (Wildman–Crippen MR) is 77.6 cm³/mol. The Hall–Kier alpha value is -2.89. The molecule has 6 heteroatoms. The predicted octanol–water partition coefficient (Wildman–Crippen LogP) is 1.75. The van der Waals surface area contributed by atoms with Crippen LogP contribution in [0.15, 0.2) is 36.7 Å². The van der Waals surface area contributed by atoms with Crippen molar-refractivity contribution in [2.45, 2.75) is 13.5 Å². The van der Waals surface area contributed by atoms with E-state index in [9.17, 15) is 9.59 Å². The Morgan fingerprint density at radius 1 is 1.43 bits per heavy atom. The lowest BCUT2D eigenvalue weighted by Gasteiger charge is -2.08. The van der Waals surface area contributed by atoms with Crippen LogP contribution in [0.2, 0.25) is 0 Å². The Bertz CT molecular complexity index is 675. The third kappa shape index (κ3) is 4.04. The Balaban J connectivity index is 2.12. The quantitative estimate of drug-likeness (QED) is 0.729. The number of amides is 1. The zero-order valence-corrected chi connectivity index (χ0v) is 11.5. The lowest BCUT2D eigenvalue weighted by molar-refractivity contribution is -0.131. The minimum Gasteiger partial charge on any atom is -0.478 e. The van der Waals surface area contributed by atoms with Gasteiger partial charge < -0.3 is 10.4 Å². The zero-order valence-electron chi connectivity index (χ0n) is 11.5. The molecule has 1 amide bonds. The van der Waals surface area contributed by atoms with Gasteiger partial charge in [0.25, 0.3) is 5.91 Å². The van der Waals surface area contributed by atoms with Crippen molar-refractivity contribution in [1.82, 2.24) is 15.5 Å². The van der Waals surface area contributed by atoms with E-state index in [0.717, 1.165) is 17.2 Å². The molecule has 21 heavy (non-hydrogen) atoms. The van der Waals surface area contributed by atoms with E-state index in [4.69, 9.17) is 5.11 Å². The van der Waals surface area contributed by atoms with Gasteiger partial charge in [-0.25, -0.2) is 4.79 Å². The second kappa shape index (κ2) is 6.51. The maximum absolute atomic E-state index is 12.2. The van der Waals surface area contributed by atoms with E-state index in [0.29, 0.717) is 17.7 Å². The highest BCUT2D eigenvalue weighted by atomic mass is 16.4. The molecule has 2 aromatic rings. The van der Waals surface area contributed by atoms with E-state index in [1.54, 1.807) is 30.6 Å². The number of H-pyrrole nitrogens is 1. The highest BCUT2D eigenvalue weighted by Gasteiger charge is 2.09. The number of hydrogen-bond donors (Lipinski definition) is 3. The highest BCUT2D eigenvalue weighted by Crippen LogP contribution is 2.13. The number of carboxylic acids is 1. The molecule has 0 aliphatic rings. The molecule has 3 N–H and O–H groups in total. The summed E-state index contributed by atoms with van der Waals surface area (Å²) in [5.41, 5.74) is 2.89. The van der Waals surface area contributed by atoms with Gasteiger partial charge in [0.2, 0.25) is 0 Å². The van der Waals surface area contributed by atoms with Crippen LogP contribution in [0.4, 0.5) is 0 Å². The number of carbonyl (C=O) groups excluding carboxylic acids is 1. The first-order chi connectivity index (χ1) is 10.1. The van der Waals surface area contributed by atoms with Crippen LogP contribution in [0.1, 0.15) is 27.0 Å². The first-order valence-corrected chi connectivity index (χ1v) is 6.34. The molecule has 1 aromatic heterocycles. The molecule has 0 saturated heterocycles. The standard InChI is InChI=1S/C15H15N3O3/c1-10-2-3-11(4-5-14(19)20)6-13(10)15(21)16-7-12-8-17-18-9-12/h2-6,8-9H,7H2,1H3,(H,16,21)(H,17,18)(H,19,20). The number of carbonyl (C=O) groups is 2. The summed E-state index contributed by atoms with van der Waals surface area (Å²) in [7, 11) is 0. The molecule has 0 atom stereocenters. The molecule has 0 spiro atoms. The van der Waals surface area contributed by atoms with Gasteiger partial charge in [0.05, 0.1) is 6.20 Å². The van der Waals surface area contributed by atoms with Crippen LogP contribution in [0.3, 0.4) is 0 Å². The lowest BCUT2D eigenvalue weighted by atomic mass is 10.0. The molecular weight excluding hydrogens is 270 g/mol. The summed E-state index contributed by atoms with van der Waals surface area (Å²) in [5.74, 6) is -1.24. The molecule has 2 rings (SSSR count). The number of aryl methyl sites for hydroxylation is 1. The second-order valence-corrected chi connectivity index (χ2v) is 4.54. The Morgan fingerprint density at radius 3 is 2.90 bits per heavy atom. The minimum absolute atomic E-state index is 0.209. The van der Waals surface area contributed by atoms with Crippen molar-refractivity contribution in [2.24, 2.45) is 0 Å². The molecule has 0 fully saturated rings. The van der Waals surface area contributed by atoms with Gasteiger partial charge in [-0.15, -0.1) is 0 Å². The molecule has 1 aromatic carbocycles. The van der Waals surface area contributed by atoms with Gasteiger partial charge in [-0.1, -0.05) is 12.1 Å². The number of hydrogen-bond acceptors (Lipinski definition) is 3. The first kappa shape index (κ1) is 14.5. The van der Waals surface area contributed by atoms with Gasteiger partial charge in [0.15, 0.2) is 0 Å². The van der Waals surface area contributed by atoms with E-state index in [2.05, 4.69) is 15.5 Å². The number of benzene rings is 1. The van der Waals surface area contributed by atoms with Gasteiger partial charge in [-0.05, 0) is 30.2 Å². The topological polar surface area (TPSA) is 95.1 Å². The SMILES string of the molecule is Cc1ccc(C=CC(=O)O)cc1C(=O)NCc1cn[nH]c1. The van der Waals surface area contributed by atoms with Gasteiger partial charge in [0, 0.05) is 29.9 Å². The van der Waals surface area contributed by atoms with Crippen LogP contribution in [0.25, 0.3) is 6.08 Å². The van der Waals surface area contributed by atoms with Crippen molar-refractivity contribution in [3.05, 3.63) is 58.9 Å². The number of aromatic amines is 1. The zero-order chi connectivity index (χ0) is 15.2. The van der Waals surface area contributed by atoms with E-state index in [-0.39, 0.29) is 5.91 Å². The average Bonchev–Trinajstić information content (AvgIpc) is 2.97. The maximum atomic E-state index is 12.2.